The Kier molecular flexibility index (Phi) is 3.48. The Labute approximate surface area is 105 Å². The van der Waals surface area contributed by atoms with Crippen molar-refractivity contribution in [2.24, 2.45) is 0 Å². The largest absolute Gasteiger partial charge is 0.497 e. The van der Waals surface area contributed by atoms with Crippen molar-refractivity contribution in [2.45, 2.75) is 0 Å². The van der Waals surface area contributed by atoms with Crippen LogP contribution in [0.4, 0.5) is 10.5 Å². The molecule has 0 unspecified atom stereocenters. The van der Waals surface area contributed by atoms with Crippen LogP contribution < -0.4 is 10.1 Å². The molecule has 4 nitrogen and oxygen atoms in total. The molecule has 0 aliphatic rings. The predicted octanol–water partition coefficient (Wildman–Crippen LogP) is 3.45. The molecule has 2 N–H and O–H groups in total. The first-order valence-electron chi connectivity index (χ1n) is 5.44. The molecular formula is C14H13NO3. The molecule has 0 saturated carbocycles. The number of carbonyl (C=O) groups is 1. The van der Waals surface area contributed by atoms with Gasteiger partial charge in [0.1, 0.15) is 5.75 Å². The number of hydrogen-bond donors (Lipinski definition) is 2. The minimum absolute atomic E-state index is 0.507. The fourth-order valence-corrected chi connectivity index (χ4v) is 1.74. The molecule has 0 aliphatic carbocycles. The van der Waals surface area contributed by atoms with E-state index in [9.17, 15) is 4.79 Å². The number of amides is 1. The Morgan fingerprint density at radius 1 is 1.17 bits per heavy atom. The van der Waals surface area contributed by atoms with Gasteiger partial charge < -0.3 is 9.84 Å². The van der Waals surface area contributed by atoms with Crippen LogP contribution in [0.1, 0.15) is 0 Å². The minimum atomic E-state index is -1.10. The van der Waals surface area contributed by atoms with Crippen molar-refractivity contribution in [2.75, 3.05) is 12.4 Å². The highest BCUT2D eigenvalue weighted by Gasteiger charge is 2.08. The molecule has 18 heavy (non-hydrogen) atoms. The van der Waals surface area contributed by atoms with E-state index in [0.29, 0.717) is 11.4 Å². The zero-order chi connectivity index (χ0) is 13.0. The van der Waals surface area contributed by atoms with E-state index < -0.39 is 6.09 Å². The van der Waals surface area contributed by atoms with Crippen LogP contribution in [0.5, 0.6) is 5.75 Å². The van der Waals surface area contributed by atoms with Gasteiger partial charge in [0.25, 0.3) is 0 Å². The van der Waals surface area contributed by atoms with Crippen molar-refractivity contribution < 1.29 is 14.6 Å². The van der Waals surface area contributed by atoms with Gasteiger partial charge in [-0.2, -0.15) is 0 Å². The smallest absolute Gasteiger partial charge is 0.409 e. The predicted molar refractivity (Wildman–Crippen MR) is 70.1 cm³/mol. The lowest BCUT2D eigenvalue weighted by Crippen LogP contribution is -2.08. The van der Waals surface area contributed by atoms with Crippen molar-refractivity contribution in [3.05, 3.63) is 48.5 Å². The van der Waals surface area contributed by atoms with E-state index in [-0.39, 0.29) is 0 Å². The van der Waals surface area contributed by atoms with E-state index in [0.717, 1.165) is 11.1 Å². The topological polar surface area (TPSA) is 58.6 Å². The minimum Gasteiger partial charge on any atom is -0.497 e. The van der Waals surface area contributed by atoms with Gasteiger partial charge in [-0.25, -0.2) is 4.79 Å². The lowest BCUT2D eigenvalue weighted by Gasteiger charge is -2.11. The van der Waals surface area contributed by atoms with Crippen LogP contribution in [0.25, 0.3) is 11.1 Å². The SMILES string of the molecule is COc1ccc(-c2ccccc2)c(NC(=O)O)c1. The number of hydrogen-bond acceptors (Lipinski definition) is 2. The highest BCUT2D eigenvalue weighted by molar-refractivity contribution is 5.91. The molecule has 0 atom stereocenters. The highest BCUT2D eigenvalue weighted by Crippen LogP contribution is 2.31. The Balaban J connectivity index is 2.49. The second-order valence-electron chi connectivity index (χ2n) is 3.71. The molecule has 0 fully saturated rings. The summed E-state index contributed by atoms with van der Waals surface area (Å²) in [5.74, 6) is 0.610. The summed E-state index contributed by atoms with van der Waals surface area (Å²) in [6, 6.07) is 14.9. The third-order valence-corrected chi connectivity index (χ3v) is 2.55. The number of benzene rings is 2. The van der Waals surface area contributed by atoms with E-state index in [2.05, 4.69) is 5.32 Å². The summed E-state index contributed by atoms with van der Waals surface area (Å²) >= 11 is 0. The zero-order valence-electron chi connectivity index (χ0n) is 9.88. The summed E-state index contributed by atoms with van der Waals surface area (Å²) in [5.41, 5.74) is 2.27. The maximum absolute atomic E-state index is 10.8. The summed E-state index contributed by atoms with van der Waals surface area (Å²) in [6.07, 6.45) is -1.10. The van der Waals surface area contributed by atoms with Gasteiger partial charge in [-0.3, -0.25) is 5.32 Å². The number of ether oxygens (including phenoxy) is 1. The average Bonchev–Trinajstić information content (AvgIpc) is 2.39. The standard InChI is InChI=1S/C14H13NO3/c1-18-11-7-8-12(10-5-3-2-4-6-10)13(9-11)15-14(16)17/h2-9,15H,1H3,(H,16,17). The molecule has 92 valence electrons. The van der Waals surface area contributed by atoms with Gasteiger partial charge in [-0.15, -0.1) is 0 Å². The molecule has 0 heterocycles. The summed E-state index contributed by atoms with van der Waals surface area (Å²) < 4.78 is 5.09. The maximum Gasteiger partial charge on any atom is 0.409 e. The van der Waals surface area contributed by atoms with Crippen molar-refractivity contribution >= 4 is 11.8 Å². The zero-order valence-corrected chi connectivity index (χ0v) is 9.88. The number of anilines is 1. The quantitative estimate of drug-likeness (QED) is 0.868. The molecule has 0 saturated heterocycles. The Morgan fingerprint density at radius 3 is 2.50 bits per heavy atom. The Morgan fingerprint density at radius 2 is 1.89 bits per heavy atom. The summed E-state index contributed by atoms with van der Waals surface area (Å²) in [6.45, 7) is 0. The molecule has 0 spiro atoms. The third kappa shape index (κ3) is 2.60. The molecule has 1 amide bonds. The second kappa shape index (κ2) is 5.23. The number of rotatable bonds is 3. The van der Waals surface area contributed by atoms with Crippen molar-refractivity contribution in [1.82, 2.24) is 0 Å². The van der Waals surface area contributed by atoms with E-state index in [1.165, 1.54) is 0 Å². The molecule has 0 radical (unpaired) electrons. The first-order valence-corrected chi connectivity index (χ1v) is 5.44. The number of methoxy groups -OCH3 is 1. The average molecular weight is 243 g/mol. The van der Waals surface area contributed by atoms with Gasteiger partial charge >= 0.3 is 6.09 Å². The lowest BCUT2D eigenvalue weighted by atomic mass is 10.0. The lowest BCUT2D eigenvalue weighted by molar-refractivity contribution is 0.210. The van der Waals surface area contributed by atoms with E-state index in [1.807, 2.05) is 36.4 Å². The fraction of sp³-hybridized carbons (Fsp3) is 0.0714. The molecule has 2 aromatic rings. The molecule has 2 aromatic carbocycles. The van der Waals surface area contributed by atoms with Crippen LogP contribution in [-0.4, -0.2) is 18.3 Å². The first-order chi connectivity index (χ1) is 8.70. The first kappa shape index (κ1) is 12.0. The summed E-state index contributed by atoms with van der Waals surface area (Å²) in [5, 5.41) is 11.2. The molecule has 2 rings (SSSR count). The number of nitrogens with one attached hydrogen (secondary N) is 1. The normalized spacial score (nSPS) is 9.83. The van der Waals surface area contributed by atoms with Crippen molar-refractivity contribution in [3.8, 4) is 16.9 Å². The second-order valence-corrected chi connectivity index (χ2v) is 3.71. The third-order valence-electron chi connectivity index (χ3n) is 2.55. The van der Waals surface area contributed by atoms with Gasteiger partial charge in [-0.1, -0.05) is 30.3 Å². The molecular weight excluding hydrogens is 230 g/mol. The molecule has 0 bridgehead atoms. The van der Waals surface area contributed by atoms with Gasteiger partial charge in [-0.05, 0) is 17.7 Å². The van der Waals surface area contributed by atoms with Crippen molar-refractivity contribution in [1.29, 1.82) is 0 Å². The van der Waals surface area contributed by atoms with Crippen molar-refractivity contribution in [3.63, 3.8) is 0 Å². The monoisotopic (exact) mass is 243 g/mol. The van der Waals surface area contributed by atoms with E-state index in [4.69, 9.17) is 9.84 Å². The number of carboxylic acid groups (broad SMARTS) is 1. The van der Waals surface area contributed by atoms with Gasteiger partial charge in [0.15, 0.2) is 0 Å². The summed E-state index contributed by atoms with van der Waals surface area (Å²) in [7, 11) is 1.54. The van der Waals surface area contributed by atoms with Gasteiger partial charge in [0.2, 0.25) is 0 Å². The van der Waals surface area contributed by atoms with Crippen LogP contribution >= 0.6 is 0 Å². The van der Waals surface area contributed by atoms with Crippen LogP contribution in [-0.2, 0) is 0 Å². The van der Waals surface area contributed by atoms with Crippen LogP contribution in [0.2, 0.25) is 0 Å². The Bertz CT molecular complexity index is 552. The van der Waals surface area contributed by atoms with Gasteiger partial charge in [0.05, 0.1) is 12.8 Å². The molecule has 0 aliphatic heterocycles. The van der Waals surface area contributed by atoms with Crippen LogP contribution in [0.15, 0.2) is 48.5 Å². The molecule has 0 aromatic heterocycles. The highest BCUT2D eigenvalue weighted by atomic mass is 16.5. The molecule has 4 heteroatoms. The van der Waals surface area contributed by atoms with E-state index >= 15 is 0 Å². The Hall–Kier alpha value is -2.49. The maximum atomic E-state index is 10.8. The fourth-order valence-electron chi connectivity index (χ4n) is 1.74. The van der Waals surface area contributed by atoms with E-state index in [1.54, 1.807) is 19.2 Å². The van der Waals surface area contributed by atoms with Crippen LogP contribution in [0, 0.1) is 0 Å². The summed E-state index contributed by atoms with van der Waals surface area (Å²) in [4.78, 5) is 10.8. The van der Waals surface area contributed by atoms with Crippen LogP contribution in [0.3, 0.4) is 0 Å². The van der Waals surface area contributed by atoms with Gasteiger partial charge in [0, 0.05) is 11.6 Å².